The van der Waals surface area contributed by atoms with E-state index in [9.17, 15) is 0 Å². The first-order valence-electron chi connectivity index (χ1n) is 21.9. The smallest absolute Gasteiger partial charge is 0.164 e. The van der Waals surface area contributed by atoms with E-state index in [1.54, 1.807) is 0 Å². The molecule has 6 heteroatoms. The van der Waals surface area contributed by atoms with Crippen molar-refractivity contribution in [3.63, 3.8) is 0 Å². The largest absolute Gasteiger partial charge is 0.316 e. The molecule has 13 aromatic rings. The molecule has 65 heavy (non-hydrogen) atoms. The van der Waals surface area contributed by atoms with Crippen LogP contribution in [0.5, 0.6) is 0 Å². The summed E-state index contributed by atoms with van der Waals surface area (Å²) in [4.78, 5) is 15.1. The molecule has 0 saturated heterocycles. The van der Waals surface area contributed by atoms with Crippen LogP contribution >= 0.6 is 0 Å². The van der Waals surface area contributed by atoms with Gasteiger partial charge in [-0.25, -0.2) is 15.0 Å². The van der Waals surface area contributed by atoms with Crippen molar-refractivity contribution in [3.05, 3.63) is 231 Å². The summed E-state index contributed by atoms with van der Waals surface area (Å²) < 4.78 is 7.22. The van der Waals surface area contributed by atoms with Crippen LogP contribution in [0.15, 0.2) is 231 Å². The van der Waals surface area contributed by atoms with Gasteiger partial charge in [0.25, 0.3) is 0 Å². The molecule has 304 valence electrons. The summed E-state index contributed by atoms with van der Waals surface area (Å²) in [6.07, 6.45) is 2.20. The molecule has 0 radical (unpaired) electrons. The van der Waals surface area contributed by atoms with Crippen molar-refractivity contribution >= 4 is 54.5 Å². The molecule has 4 aromatic heterocycles. The van der Waals surface area contributed by atoms with E-state index in [0.29, 0.717) is 17.5 Å². The van der Waals surface area contributed by atoms with Crippen LogP contribution in [0, 0.1) is 0 Å². The number of hydrogen-bond donors (Lipinski definition) is 0. The molecule has 0 unspecified atom stereocenters. The fraction of sp³-hybridized carbons (Fsp3) is 0. The Morgan fingerprint density at radius 1 is 0.277 bits per heavy atom. The highest BCUT2D eigenvalue weighted by Crippen LogP contribution is 2.44. The molecule has 0 spiro atoms. The highest BCUT2D eigenvalue weighted by atomic mass is 15.0. The van der Waals surface area contributed by atoms with E-state index in [1.807, 2.05) is 60.7 Å². The molecule has 0 aliphatic carbocycles. The van der Waals surface area contributed by atoms with Gasteiger partial charge in [-0.1, -0.05) is 158 Å². The van der Waals surface area contributed by atoms with Crippen LogP contribution in [0.2, 0.25) is 0 Å². The molecule has 13 rings (SSSR count). The third kappa shape index (κ3) is 5.99. The number of benzene rings is 9. The summed E-state index contributed by atoms with van der Waals surface area (Å²) >= 11 is 0. The molecular formula is C59H38N6. The number of hydrogen-bond acceptors (Lipinski definition) is 3. The average molecular weight is 831 g/mol. The van der Waals surface area contributed by atoms with Gasteiger partial charge in [0, 0.05) is 66.9 Å². The molecular weight excluding hydrogens is 793 g/mol. The molecule has 0 aliphatic heterocycles. The second kappa shape index (κ2) is 14.9. The molecule has 0 bridgehead atoms. The predicted molar refractivity (Wildman–Crippen MR) is 267 cm³/mol. The van der Waals surface area contributed by atoms with Gasteiger partial charge in [-0.05, 0) is 77.9 Å². The first-order chi connectivity index (χ1) is 32.2. The predicted octanol–water partition coefficient (Wildman–Crippen LogP) is 14.7. The maximum atomic E-state index is 5.06. The minimum Gasteiger partial charge on any atom is -0.316 e. The van der Waals surface area contributed by atoms with E-state index in [2.05, 4.69) is 184 Å². The minimum atomic E-state index is 0.626. The van der Waals surface area contributed by atoms with Crippen LogP contribution in [-0.2, 0) is 0 Å². The van der Waals surface area contributed by atoms with Crippen molar-refractivity contribution in [3.8, 4) is 62.4 Å². The Hall–Kier alpha value is -8.87. The van der Waals surface area contributed by atoms with Crippen molar-refractivity contribution in [1.82, 2.24) is 28.7 Å². The van der Waals surface area contributed by atoms with Crippen LogP contribution < -0.4 is 0 Å². The molecule has 0 N–H and O–H groups in total. The summed E-state index contributed by atoms with van der Waals surface area (Å²) in [7, 11) is 0. The Bertz CT molecular complexity index is 3870. The van der Waals surface area contributed by atoms with Gasteiger partial charge in [0.1, 0.15) is 0 Å². The van der Waals surface area contributed by atoms with Gasteiger partial charge in [-0.15, -0.1) is 0 Å². The van der Waals surface area contributed by atoms with E-state index < -0.39 is 0 Å². The fourth-order valence-electron chi connectivity index (χ4n) is 9.79. The molecule has 0 saturated carbocycles. The first-order valence-corrected chi connectivity index (χ1v) is 21.9. The van der Waals surface area contributed by atoms with Crippen molar-refractivity contribution < 1.29 is 0 Å². The zero-order valence-electron chi connectivity index (χ0n) is 35.1. The van der Waals surface area contributed by atoms with Crippen LogP contribution in [0.4, 0.5) is 0 Å². The van der Waals surface area contributed by atoms with Crippen molar-refractivity contribution in [2.45, 2.75) is 0 Å². The van der Waals surface area contributed by atoms with Gasteiger partial charge in [0.05, 0.1) is 27.6 Å². The maximum absolute atomic E-state index is 5.06. The molecule has 0 amide bonds. The van der Waals surface area contributed by atoms with Gasteiger partial charge >= 0.3 is 0 Å². The quantitative estimate of drug-likeness (QED) is 0.161. The molecule has 0 aliphatic rings. The lowest BCUT2D eigenvalue weighted by Crippen LogP contribution is -2.00. The van der Waals surface area contributed by atoms with Gasteiger partial charge < -0.3 is 13.7 Å². The van der Waals surface area contributed by atoms with Crippen LogP contribution in [0.1, 0.15) is 0 Å². The lowest BCUT2D eigenvalue weighted by molar-refractivity contribution is 1.07. The topological polar surface area (TPSA) is 53.5 Å². The standard InChI is InChI=1S/C59H38N6/c1-5-17-39(18-6-1)57-60-58(40-19-7-2-8-20-40)62-59(61-57)43-23-15-21-41(37-43)42-22-16-28-46(38-42)65-55-47(31-33-51-50(55)35-36-63(51)44-24-9-3-10-25-44)48-32-34-53-54(56(48)65)49-29-13-14-30-52(49)64(53)45-26-11-4-12-27-45/h1-38H. The minimum absolute atomic E-state index is 0.626. The van der Waals surface area contributed by atoms with Gasteiger partial charge in [-0.2, -0.15) is 0 Å². The first kappa shape index (κ1) is 36.8. The molecule has 0 atom stereocenters. The molecule has 9 aromatic carbocycles. The molecule has 6 nitrogen and oxygen atoms in total. The Morgan fingerprint density at radius 3 is 1.48 bits per heavy atom. The third-order valence-electron chi connectivity index (χ3n) is 12.7. The van der Waals surface area contributed by atoms with Crippen LogP contribution in [0.3, 0.4) is 0 Å². The van der Waals surface area contributed by atoms with Gasteiger partial charge in [0.2, 0.25) is 0 Å². The SMILES string of the molecule is c1ccc(-c2nc(-c3ccccc3)nc(-c3cccc(-c4cccc(-n5c6c(ccc7c6ccn7-c6ccccc6)c6ccc7c(c8ccccc8n7-c7ccccc7)c65)c4)c3)n2)cc1. The number of nitrogens with zero attached hydrogens (tertiary/aromatic N) is 6. The zero-order chi connectivity index (χ0) is 42.8. The highest BCUT2D eigenvalue weighted by molar-refractivity contribution is 6.28. The molecule has 0 fully saturated rings. The summed E-state index contributed by atoms with van der Waals surface area (Å²) in [6.45, 7) is 0. The van der Waals surface area contributed by atoms with E-state index in [4.69, 9.17) is 15.0 Å². The number of fused-ring (bicyclic) bond motifs is 9. The Labute approximate surface area is 374 Å². The Kier molecular flexibility index (Phi) is 8.42. The number of para-hydroxylation sites is 3. The van der Waals surface area contributed by atoms with Crippen molar-refractivity contribution in [2.24, 2.45) is 0 Å². The van der Waals surface area contributed by atoms with Crippen molar-refractivity contribution in [2.75, 3.05) is 0 Å². The van der Waals surface area contributed by atoms with Gasteiger partial charge in [-0.3, -0.25) is 0 Å². The summed E-state index contributed by atoms with van der Waals surface area (Å²) in [5, 5.41) is 6.05. The van der Waals surface area contributed by atoms with Crippen LogP contribution in [-0.4, -0.2) is 28.7 Å². The lowest BCUT2D eigenvalue weighted by atomic mass is 10.0. The van der Waals surface area contributed by atoms with E-state index in [0.717, 1.165) is 55.9 Å². The second-order valence-corrected chi connectivity index (χ2v) is 16.5. The van der Waals surface area contributed by atoms with Crippen molar-refractivity contribution in [1.29, 1.82) is 0 Å². The van der Waals surface area contributed by atoms with E-state index in [-0.39, 0.29) is 0 Å². The normalized spacial score (nSPS) is 11.7. The fourth-order valence-corrected chi connectivity index (χ4v) is 9.79. The summed E-state index contributed by atoms with van der Waals surface area (Å²) in [6, 6.07) is 79.4. The summed E-state index contributed by atoms with van der Waals surface area (Å²) in [5.41, 5.74) is 14.2. The van der Waals surface area contributed by atoms with E-state index in [1.165, 1.54) is 43.5 Å². The second-order valence-electron chi connectivity index (χ2n) is 16.5. The maximum Gasteiger partial charge on any atom is 0.164 e. The summed E-state index contributed by atoms with van der Waals surface area (Å²) in [5.74, 6) is 1.90. The van der Waals surface area contributed by atoms with Crippen LogP contribution in [0.25, 0.3) is 117 Å². The lowest BCUT2D eigenvalue weighted by Gasteiger charge is -2.13. The van der Waals surface area contributed by atoms with Gasteiger partial charge in [0.15, 0.2) is 17.5 Å². The number of rotatable bonds is 7. The third-order valence-corrected chi connectivity index (χ3v) is 12.7. The zero-order valence-corrected chi connectivity index (χ0v) is 35.1. The molecule has 4 heterocycles. The number of aromatic nitrogens is 6. The highest BCUT2D eigenvalue weighted by Gasteiger charge is 2.23. The Balaban J connectivity index is 1.05. The average Bonchev–Trinajstić information content (AvgIpc) is 4.08. The van der Waals surface area contributed by atoms with E-state index >= 15 is 0 Å². The monoisotopic (exact) mass is 830 g/mol. The Morgan fingerprint density at radius 2 is 0.785 bits per heavy atom.